The number of phenols is 1. The molecule has 3 rings (SSSR count). The fraction of sp³-hybridized carbons (Fsp3) is 0.105. The van der Waals surface area contributed by atoms with Gasteiger partial charge in [0.25, 0.3) is 5.56 Å². The Morgan fingerprint density at radius 2 is 2.00 bits per heavy atom. The number of aromatic hydroxyl groups is 1. The predicted octanol–water partition coefficient (Wildman–Crippen LogP) is 2.81. The van der Waals surface area contributed by atoms with E-state index in [2.05, 4.69) is 20.7 Å². The van der Waals surface area contributed by atoms with Crippen molar-refractivity contribution in [2.75, 3.05) is 12.5 Å². The molecule has 29 heavy (non-hydrogen) atoms. The molecule has 1 heterocycles. The maximum absolute atomic E-state index is 11.3. The molecule has 148 valence electrons. The van der Waals surface area contributed by atoms with Gasteiger partial charge in [-0.2, -0.15) is 10.2 Å². The molecule has 0 bridgehead atoms. The first-order valence-electron chi connectivity index (χ1n) is 8.41. The normalized spacial score (nSPS) is 10.8. The first-order chi connectivity index (χ1) is 13.9. The van der Waals surface area contributed by atoms with E-state index in [9.17, 15) is 20.0 Å². The molecule has 1 aromatic heterocycles. The molecule has 0 amide bonds. The average Bonchev–Trinajstić information content (AvgIpc) is 2.69. The summed E-state index contributed by atoms with van der Waals surface area (Å²) in [5.41, 5.74) is 5.16. The van der Waals surface area contributed by atoms with Gasteiger partial charge in [0.05, 0.1) is 35.2 Å². The number of hydrazone groups is 1. The van der Waals surface area contributed by atoms with Crippen LogP contribution in [0.2, 0.25) is 0 Å². The first kappa shape index (κ1) is 19.5. The standard InChI is InChI=1S/C19H17N5O5/c1-11-9-16(26)22-23-17(11)12-3-6-14(7-4-12)21-20-10-13-5-8-15(25)19(29-2)18(13)24(27)28/h3-10,21,25H,1-2H3,(H,22,26)/b20-10-. The van der Waals surface area contributed by atoms with Crippen molar-refractivity contribution in [3.05, 3.63) is 74.1 Å². The number of rotatable bonds is 6. The monoisotopic (exact) mass is 395 g/mol. The lowest BCUT2D eigenvalue weighted by Crippen LogP contribution is -2.08. The van der Waals surface area contributed by atoms with Gasteiger partial charge in [-0.3, -0.25) is 20.3 Å². The van der Waals surface area contributed by atoms with Crippen molar-refractivity contribution in [3.8, 4) is 22.8 Å². The van der Waals surface area contributed by atoms with E-state index in [1.807, 2.05) is 0 Å². The number of aromatic nitrogens is 2. The number of aromatic amines is 1. The van der Waals surface area contributed by atoms with E-state index in [1.165, 1.54) is 31.5 Å². The zero-order chi connectivity index (χ0) is 21.0. The Kier molecular flexibility index (Phi) is 5.54. The molecule has 10 nitrogen and oxygen atoms in total. The van der Waals surface area contributed by atoms with E-state index in [0.717, 1.165) is 11.1 Å². The van der Waals surface area contributed by atoms with Crippen LogP contribution >= 0.6 is 0 Å². The van der Waals surface area contributed by atoms with E-state index in [1.54, 1.807) is 31.2 Å². The molecule has 0 atom stereocenters. The number of methoxy groups -OCH3 is 1. The number of nitrogens with zero attached hydrogens (tertiary/aromatic N) is 3. The fourth-order valence-electron chi connectivity index (χ4n) is 2.74. The van der Waals surface area contributed by atoms with Gasteiger partial charge in [0, 0.05) is 11.6 Å². The lowest BCUT2D eigenvalue weighted by Gasteiger charge is -2.07. The Morgan fingerprint density at radius 1 is 1.28 bits per heavy atom. The van der Waals surface area contributed by atoms with Gasteiger partial charge < -0.3 is 9.84 Å². The Labute approximate surface area is 164 Å². The number of hydrogen-bond donors (Lipinski definition) is 3. The van der Waals surface area contributed by atoms with Gasteiger partial charge in [-0.05, 0) is 36.8 Å². The summed E-state index contributed by atoms with van der Waals surface area (Å²) in [5, 5.41) is 31.5. The largest absolute Gasteiger partial charge is 0.504 e. The number of benzene rings is 2. The van der Waals surface area contributed by atoms with E-state index in [4.69, 9.17) is 4.74 Å². The van der Waals surface area contributed by atoms with Crippen LogP contribution in [-0.4, -0.2) is 33.6 Å². The molecule has 10 heteroatoms. The highest BCUT2D eigenvalue weighted by molar-refractivity contribution is 5.88. The van der Waals surface area contributed by atoms with Crippen LogP contribution in [0.1, 0.15) is 11.1 Å². The van der Waals surface area contributed by atoms with Gasteiger partial charge in [0.1, 0.15) is 0 Å². The highest BCUT2D eigenvalue weighted by Gasteiger charge is 2.23. The molecule has 3 N–H and O–H groups in total. The zero-order valence-electron chi connectivity index (χ0n) is 15.5. The Morgan fingerprint density at radius 3 is 2.62 bits per heavy atom. The minimum Gasteiger partial charge on any atom is -0.504 e. The molecule has 0 radical (unpaired) electrons. The number of aryl methyl sites for hydroxylation is 1. The van der Waals surface area contributed by atoms with Gasteiger partial charge in [-0.1, -0.05) is 12.1 Å². The lowest BCUT2D eigenvalue weighted by molar-refractivity contribution is -0.385. The molecular weight excluding hydrogens is 378 g/mol. The fourth-order valence-corrected chi connectivity index (χ4v) is 2.74. The second-order valence-corrected chi connectivity index (χ2v) is 6.02. The first-order valence-corrected chi connectivity index (χ1v) is 8.41. The van der Waals surface area contributed by atoms with Gasteiger partial charge in [0.15, 0.2) is 5.75 Å². The maximum Gasteiger partial charge on any atom is 0.323 e. The molecule has 0 aliphatic carbocycles. The van der Waals surface area contributed by atoms with Gasteiger partial charge in [0.2, 0.25) is 5.75 Å². The molecule has 0 spiro atoms. The van der Waals surface area contributed by atoms with Crippen molar-refractivity contribution >= 4 is 17.6 Å². The molecule has 0 aliphatic rings. The Bertz CT molecular complexity index is 1140. The van der Waals surface area contributed by atoms with E-state index in [0.29, 0.717) is 11.4 Å². The molecule has 0 saturated heterocycles. The van der Waals surface area contributed by atoms with Crippen LogP contribution < -0.4 is 15.7 Å². The molecule has 0 aliphatic heterocycles. The maximum atomic E-state index is 11.3. The number of hydrogen-bond acceptors (Lipinski definition) is 8. The van der Waals surface area contributed by atoms with Crippen molar-refractivity contribution in [1.29, 1.82) is 0 Å². The van der Waals surface area contributed by atoms with Crippen LogP contribution in [0.4, 0.5) is 11.4 Å². The summed E-state index contributed by atoms with van der Waals surface area (Å²) in [6.07, 6.45) is 1.27. The van der Waals surface area contributed by atoms with E-state index < -0.39 is 4.92 Å². The lowest BCUT2D eigenvalue weighted by atomic mass is 10.1. The number of ether oxygens (including phenoxy) is 1. The highest BCUT2D eigenvalue weighted by Crippen LogP contribution is 2.38. The van der Waals surface area contributed by atoms with E-state index in [-0.39, 0.29) is 28.3 Å². The quantitative estimate of drug-likeness (QED) is 0.331. The molecule has 0 saturated carbocycles. The SMILES string of the molecule is COc1c(O)ccc(/C=N\Nc2ccc(-c3n[nH]c(=O)cc3C)cc2)c1[N+](=O)[O-]. The number of nitrogens with one attached hydrogen (secondary N) is 2. The Hall–Kier alpha value is -4.21. The van der Waals surface area contributed by atoms with Crippen molar-refractivity contribution in [1.82, 2.24) is 10.2 Å². The number of anilines is 1. The zero-order valence-corrected chi connectivity index (χ0v) is 15.5. The number of phenolic OH excluding ortho intramolecular Hbond substituents is 1. The van der Waals surface area contributed by atoms with Crippen LogP contribution in [0, 0.1) is 17.0 Å². The molecule has 3 aromatic rings. The van der Waals surface area contributed by atoms with Gasteiger partial charge in [-0.15, -0.1) is 0 Å². The second kappa shape index (κ2) is 8.21. The summed E-state index contributed by atoms with van der Waals surface area (Å²) >= 11 is 0. The topological polar surface area (TPSA) is 143 Å². The third kappa shape index (κ3) is 4.21. The minimum atomic E-state index is -0.645. The summed E-state index contributed by atoms with van der Waals surface area (Å²) in [5.74, 6) is -0.557. The van der Waals surface area contributed by atoms with Crippen LogP contribution in [0.25, 0.3) is 11.3 Å². The average molecular weight is 395 g/mol. The number of nitro benzene ring substituents is 1. The Balaban J connectivity index is 1.79. The molecule has 0 fully saturated rings. The highest BCUT2D eigenvalue weighted by atomic mass is 16.6. The van der Waals surface area contributed by atoms with Crippen molar-refractivity contribution in [2.45, 2.75) is 6.92 Å². The van der Waals surface area contributed by atoms with Crippen molar-refractivity contribution in [2.24, 2.45) is 5.10 Å². The minimum absolute atomic E-state index is 0.168. The molecule has 0 unspecified atom stereocenters. The summed E-state index contributed by atoms with van der Waals surface area (Å²) in [6, 6.07) is 11.2. The number of nitro groups is 1. The summed E-state index contributed by atoms with van der Waals surface area (Å²) in [6.45, 7) is 1.80. The van der Waals surface area contributed by atoms with Crippen molar-refractivity contribution in [3.63, 3.8) is 0 Å². The third-order valence-electron chi connectivity index (χ3n) is 4.08. The molecule has 2 aromatic carbocycles. The second-order valence-electron chi connectivity index (χ2n) is 6.02. The van der Waals surface area contributed by atoms with Crippen LogP contribution in [0.5, 0.6) is 11.5 Å². The molecular formula is C19H17N5O5. The van der Waals surface area contributed by atoms with E-state index >= 15 is 0 Å². The van der Waals surface area contributed by atoms with Gasteiger partial charge in [-0.25, -0.2) is 5.10 Å². The van der Waals surface area contributed by atoms with Crippen LogP contribution in [0.3, 0.4) is 0 Å². The van der Waals surface area contributed by atoms with Crippen molar-refractivity contribution < 1.29 is 14.8 Å². The van der Waals surface area contributed by atoms with Gasteiger partial charge >= 0.3 is 5.69 Å². The summed E-state index contributed by atoms with van der Waals surface area (Å²) in [7, 11) is 1.24. The summed E-state index contributed by atoms with van der Waals surface area (Å²) < 4.78 is 4.91. The van der Waals surface area contributed by atoms with Crippen LogP contribution in [0.15, 0.2) is 52.4 Å². The number of H-pyrrole nitrogens is 1. The smallest absolute Gasteiger partial charge is 0.323 e. The predicted molar refractivity (Wildman–Crippen MR) is 108 cm³/mol. The third-order valence-corrected chi connectivity index (χ3v) is 4.08. The summed E-state index contributed by atoms with van der Waals surface area (Å²) in [4.78, 5) is 21.9. The van der Waals surface area contributed by atoms with Crippen LogP contribution in [-0.2, 0) is 0 Å².